The van der Waals surface area contributed by atoms with Crippen molar-refractivity contribution in [2.24, 2.45) is 0 Å². The number of alkyl halides is 1. The zero-order valence-corrected chi connectivity index (χ0v) is 10.7. The molecule has 14 heavy (non-hydrogen) atoms. The van der Waals surface area contributed by atoms with Gasteiger partial charge in [0.05, 0.1) is 4.43 Å². The van der Waals surface area contributed by atoms with Crippen LogP contribution < -0.4 is 0 Å². The van der Waals surface area contributed by atoms with Crippen molar-refractivity contribution in [3.05, 3.63) is 12.7 Å². The van der Waals surface area contributed by atoms with Crippen LogP contribution >= 0.6 is 22.6 Å². The lowest BCUT2D eigenvalue weighted by Crippen LogP contribution is -2.42. The molecule has 1 saturated carbocycles. The summed E-state index contributed by atoms with van der Waals surface area (Å²) in [6, 6.07) is 0.476. The molecule has 1 amide bonds. The molecule has 0 unspecified atom stereocenters. The molecule has 0 saturated heterocycles. The minimum Gasteiger partial charge on any atom is -0.335 e. The fourth-order valence-corrected chi connectivity index (χ4v) is 2.50. The van der Waals surface area contributed by atoms with Gasteiger partial charge in [-0.3, -0.25) is 4.79 Å². The van der Waals surface area contributed by atoms with Crippen LogP contribution in [0.4, 0.5) is 0 Å². The third-order valence-electron chi connectivity index (χ3n) is 2.78. The van der Waals surface area contributed by atoms with Crippen LogP contribution in [-0.4, -0.2) is 27.8 Å². The van der Waals surface area contributed by atoms with Crippen molar-refractivity contribution in [1.82, 2.24) is 4.90 Å². The summed E-state index contributed by atoms with van der Waals surface area (Å²) in [4.78, 5) is 13.7. The van der Waals surface area contributed by atoms with Gasteiger partial charge in [0.25, 0.3) is 0 Å². The highest BCUT2D eigenvalue weighted by Gasteiger charge is 2.23. The molecule has 2 nitrogen and oxygen atoms in total. The van der Waals surface area contributed by atoms with Gasteiger partial charge in [0, 0.05) is 12.6 Å². The molecule has 0 bridgehead atoms. The second-order valence-electron chi connectivity index (χ2n) is 3.76. The molecule has 0 aromatic carbocycles. The maximum Gasteiger partial charge on any atom is 0.232 e. The third-order valence-corrected chi connectivity index (χ3v) is 3.43. The number of hydrogen-bond acceptors (Lipinski definition) is 1. The quantitative estimate of drug-likeness (QED) is 0.444. The van der Waals surface area contributed by atoms with Gasteiger partial charge in [-0.05, 0) is 12.8 Å². The summed E-state index contributed by atoms with van der Waals surface area (Å²) in [6.07, 6.45) is 8.06. The van der Waals surface area contributed by atoms with Gasteiger partial charge in [0.1, 0.15) is 0 Å². The van der Waals surface area contributed by atoms with E-state index in [1.54, 1.807) is 0 Å². The molecule has 0 aromatic heterocycles. The van der Waals surface area contributed by atoms with Gasteiger partial charge in [-0.2, -0.15) is 0 Å². The van der Waals surface area contributed by atoms with E-state index in [1.165, 1.54) is 32.1 Å². The SMILES string of the molecule is C=CCN(C(=O)CI)C1CCCCC1. The summed E-state index contributed by atoms with van der Waals surface area (Å²) in [5, 5.41) is 0. The summed E-state index contributed by atoms with van der Waals surface area (Å²) < 4.78 is 0.585. The molecule has 1 aliphatic carbocycles. The lowest BCUT2D eigenvalue weighted by atomic mass is 9.94. The smallest absolute Gasteiger partial charge is 0.232 e. The van der Waals surface area contributed by atoms with Crippen LogP contribution in [0.25, 0.3) is 0 Å². The maximum absolute atomic E-state index is 11.7. The van der Waals surface area contributed by atoms with Gasteiger partial charge in [0.15, 0.2) is 0 Å². The number of nitrogens with zero attached hydrogens (tertiary/aromatic N) is 1. The van der Waals surface area contributed by atoms with E-state index in [0.29, 0.717) is 17.0 Å². The lowest BCUT2D eigenvalue weighted by Gasteiger charge is -2.33. The monoisotopic (exact) mass is 307 g/mol. The fourth-order valence-electron chi connectivity index (χ4n) is 2.06. The Balaban J connectivity index is 2.55. The van der Waals surface area contributed by atoms with Crippen LogP contribution in [0.5, 0.6) is 0 Å². The van der Waals surface area contributed by atoms with E-state index in [1.807, 2.05) is 11.0 Å². The van der Waals surface area contributed by atoms with Crippen molar-refractivity contribution in [2.45, 2.75) is 38.1 Å². The average Bonchev–Trinajstić information content (AvgIpc) is 2.26. The van der Waals surface area contributed by atoms with Crippen molar-refractivity contribution < 1.29 is 4.79 Å². The first-order chi connectivity index (χ1) is 6.79. The number of halogens is 1. The Labute approximate surface area is 99.9 Å². The molecular weight excluding hydrogens is 289 g/mol. The third kappa shape index (κ3) is 3.26. The minimum absolute atomic E-state index is 0.261. The first kappa shape index (κ1) is 12.0. The Morgan fingerprint density at radius 1 is 1.43 bits per heavy atom. The predicted molar refractivity (Wildman–Crippen MR) is 67.7 cm³/mol. The molecular formula is C11H18INO. The lowest BCUT2D eigenvalue weighted by molar-refractivity contribution is -0.130. The summed E-state index contributed by atoms with van der Waals surface area (Å²) in [6.45, 7) is 4.43. The van der Waals surface area contributed by atoms with Crippen LogP contribution in [0.15, 0.2) is 12.7 Å². The van der Waals surface area contributed by atoms with Gasteiger partial charge < -0.3 is 4.90 Å². The Morgan fingerprint density at radius 3 is 2.57 bits per heavy atom. The molecule has 0 N–H and O–H groups in total. The van der Waals surface area contributed by atoms with E-state index < -0.39 is 0 Å². The van der Waals surface area contributed by atoms with Crippen molar-refractivity contribution in [3.8, 4) is 0 Å². The van der Waals surface area contributed by atoms with E-state index in [0.717, 1.165) is 0 Å². The van der Waals surface area contributed by atoms with Gasteiger partial charge in [-0.25, -0.2) is 0 Å². The zero-order chi connectivity index (χ0) is 10.4. The number of hydrogen-bond donors (Lipinski definition) is 0. The van der Waals surface area contributed by atoms with E-state index >= 15 is 0 Å². The van der Waals surface area contributed by atoms with Gasteiger partial charge in [-0.15, -0.1) is 6.58 Å². The fraction of sp³-hybridized carbons (Fsp3) is 0.727. The number of carbonyl (C=O) groups is 1. The molecule has 1 rings (SSSR count). The molecule has 0 radical (unpaired) electrons. The molecule has 1 aliphatic rings. The molecule has 80 valence electrons. The van der Waals surface area contributed by atoms with Crippen LogP contribution in [0.1, 0.15) is 32.1 Å². The van der Waals surface area contributed by atoms with Gasteiger partial charge in [-0.1, -0.05) is 47.9 Å². The summed E-state index contributed by atoms with van der Waals surface area (Å²) in [5.41, 5.74) is 0. The van der Waals surface area contributed by atoms with Crippen LogP contribution in [-0.2, 0) is 4.79 Å². The summed E-state index contributed by atoms with van der Waals surface area (Å²) >= 11 is 2.14. The van der Waals surface area contributed by atoms with Crippen molar-refractivity contribution >= 4 is 28.5 Å². The highest BCUT2D eigenvalue weighted by Crippen LogP contribution is 2.22. The van der Waals surface area contributed by atoms with E-state index in [9.17, 15) is 4.79 Å². The molecule has 0 heterocycles. The van der Waals surface area contributed by atoms with Crippen molar-refractivity contribution in [1.29, 1.82) is 0 Å². The second kappa shape index (κ2) is 6.43. The van der Waals surface area contributed by atoms with Crippen LogP contribution in [0, 0.1) is 0 Å². The number of carbonyl (C=O) groups excluding carboxylic acids is 1. The molecule has 0 aromatic rings. The Kier molecular flexibility index (Phi) is 5.52. The molecule has 0 atom stereocenters. The Bertz CT molecular complexity index is 199. The standard InChI is InChI=1S/C11H18INO/c1-2-8-13(11(14)9-12)10-6-4-3-5-7-10/h2,10H,1,3-9H2. The predicted octanol–water partition coefficient (Wildman–Crippen LogP) is 2.77. The highest BCUT2D eigenvalue weighted by molar-refractivity contribution is 14.1. The summed E-state index contributed by atoms with van der Waals surface area (Å²) in [7, 11) is 0. The molecule has 0 spiro atoms. The minimum atomic E-state index is 0.261. The molecule has 3 heteroatoms. The maximum atomic E-state index is 11.7. The van der Waals surface area contributed by atoms with Crippen molar-refractivity contribution in [2.75, 3.05) is 11.0 Å². The Hall–Kier alpha value is -0.0600. The van der Waals surface area contributed by atoms with Crippen molar-refractivity contribution in [3.63, 3.8) is 0 Å². The largest absolute Gasteiger partial charge is 0.335 e. The topological polar surface area (TPSA) is 20.3 Å². The number of rotatable bonds is 4. The summed E-state index contributed by atoms with van der Waals surface area (Å²) in [5.74, 6) is 0.261. The molecule has 0 aliphatic heterocycles. The van der Waals surface area contributed by atoms with Crippen LogP contribution in [0.3, 0.4) is 0 Å². The zero-order valence-electron chi connectivity index (χ0n) is 8.54. The Morgan fingerprint density at radius 2 is 2.07 bits per heavy atom. The van der Waals surface area contributed by atoms with E-state index in [4.69, 9.17) is 0 Å². The second-order valence-corrected chi connectivity index (χ2v) is 4.52. The molecule has 1 fully saturated rings. The number of amides is 1. The highest BCUT2D eigenvalue weighted by atomic mass is 127. The van der Waals surface area contributed by atoms with Gasteiger partial charge >= 0.3 is 0 Å². The first-order valence-corrected chi connectivity index (χ1v) is 6.78. The average molecular weight is 307 g/mol. The normalized spacial score (nSPS) is 17.8. The van der Waals surface area contributed by atoms with E-state index in [-0.39, 0.29) is 5.91 Å². The van der Waals surface area contributed by atoms with E-state index in [2.05, 4.69) is 29.2 Å². The van der Waals surface area contributed by atoms with Crippen LogP contribution in [0.2, 0.25) is 0 Å². The first-order valence-electron chi connectivity index (χ1n) is 5.26. The van der Waals surface area contributed by atoms with Gasteiger partial charge in [0.2, 0.25) is 5.91 Å².